The molecule has 2 saturated carbocycles. The van der Waals surface area contributed by atoms with Crippen LogP contribution in [0.4, 0.5) is 4.79 Å². The molecule has 29 heavy (non-hydrogen) atoms. The van der Waals surface area contributed by atoms with Crippen LogP contribution in [0.3, 0.4) is 0 Å². The number of nitrogens with zero attached hydrogens (tertiary/aromatic N) is 2. The van der Waals surface area contributed by atoms with Gasteiger partial charge in [0.05, 0.1) is 16.9 Å². The second-order valence-electron chi connectivity index (χ2n) is 10.3. The standard InChI is InChI=1S/C21H35N3O4S/c1-14-4-5-15(11-22-14)12-24-19(25)17-10-16(6-7-18(17)23(3)20(24)26)29(27,28)13-21(2)8-9-21/h14-18,22H,4-13H2,1-3H3. The lowest BCUT2D eigenvalue weighted by Crippen LogP contribution is -2.63. The SMILES string of the molecule is CC1CCC(CN2C(=O)C3CC(S(=O)(=O)CC4(C)CC4)CCC3N(C)C2=O)CN1. The van der Waals surface area contributed by atoms with Crippen molar-refractivity contribution in [2.75, 3.05) is 25.9 Å². The first-order valence-corrected chi connectivity index (χ1v) is 12.8. The second-order valence-corrected chi connectivity index (χ2v) is 12.6. The van der Waals surface area contributed by atoms with Crippen LogP contribution in [0.15, 0.2) is 0 Å². The van der Waals surface area contributed by atoms with Gasteiger partial charge in [0.2, 0.25) is 5.91 Å². The third-order valence-corrected chi connectivity index (χ3v) is 10.3. The predicted octanol–water partition coefficient (Wildman–Crippen LogP) is 2.02. The van der Waals surface area contributed by atoms with E-state index in [1.54, 1.807) is 11.9 Å². The summed E-state index contributed by atoms with van der Waals surface area (Å²) in [6, 6.07) is 0.0871. The maximum atomic E-state index is 13.3. The lowest BCUT2D eigenvalue weighted by molar-refractivity contribution is -0.140. The Morgan fingerprint density at radius 3 is 2.48 bits per heavy atom. The van der Waals surface area contributed by atoms with Crippen LogP contribution in [-0.4, -0.2) is 73.4 Å². The molecule has 4 fully saturated rings. The quantitative estimate of drug-likeness (QED) is 0.728. The minimum Gasteiger partial charge on any atom is -0.324 e. The monoisotopic (exact) mass is 425 g/mol. The Hall–Kier alpha value is -1.15. The number of carbonyl (C=O) groups is 2. The fraction of sp³-hybridized carbons (Fsp3) is 0.905. The maximum Gasteiger partial charge on any atom is 0.326 e. The summed E-state index contributed by atoms with van der Waals surface area (Å²) in [5.41, 5.74) is -0.0594. The maximum absolute atomic E-state index is 13.3. The predicted molar refractivity (Wildman–Crippen MR) is 111 cm³/mol. The van der Waals surface area contributed by atoms with Gasteiger partial charge in [-0.05, 0) is 69.7 Å². The van der Waals surface area contributed by atoms with Gasteiger partial charge in [-0.2, -0.15) is 0 Å². The van der Waals surface area contributed by atoms with E-state index >= 15 is 0 Å². The molecule has 1 N–H and O–H groups in total. The summed E-state index contributed by atoms with van der Waals surface area (Å²) < 4.78 is 26.0. The third-order valence-electron chi connectivity index (χ3n) is 7.74. The van der Waals surface area contributed by atoms with Gasteiger partial charge in [-0.25, -0.2) is 13.2 Å². The third kappa shape index (κ3) is 4.20. The summed E-state index contributed by atoms with van der Waals surface area (Å²) in [6.07, 6.45) is 5.49. The first-order chi connectivity index (χ1) is 13.6. The molecular formula is C21H35N3O4S. The molecule has 0 spiro atoms. The highest BCUT2D eigenvalue weighted by Crippen LogP contribution is 2.47. The molecule has 2 heterocycles. The van der Waals surface area contributed by atoms with Gasteiger partial charge in [-0.3, -0.25) is 9.69 Å². The first-order valence-electron chi connectivity index (χ1n) is 11.1. The zero-order chi connectivity index (χ0) is 21.0. The summed E-state index contributed by atoms with van der Waals surface area (Å²) in [5.74, 6) is -0.0503. The Kier molecular flexibility index (Phi) is 5.47. The lowest BCUT2D eigenvalue weighted by atomic mass is 9.80. The van der Waals surface area contributed by atoms with Crippen LogP contribution < -0.4 is 5.32 Å². The van der Waals surface area contributed by atoms with Gasteiger partial charge in [-0.1, -0.05) is 6.92 Å². The highest BCUT2D eigenvalue weighted by atomic mass is 32.2. The largest absolute Gasteiger partial charge is 0.326 e. The van der Waals surface area contributed by atoms with Crippen molar-refractivity contribution < 1.29 is 18.0 Å². The molecule has 2 aliphatic carbocycles. The fourth-order valence-corrected chi connectivity index (χ4v) is 7.89. The number of rotatable bonds is 5. The molecule has 0 radical (unpaired) electrons. The topological polar surface area (TPSA) is 86.8 Å². The van der Waals surface area contributed by atoms with Crippen molar-refractivity contribution in [3.05, 3.63) is 0 Å². The molecule has 2 saturated heterocycles. The highest BCUT2D eigenvalue weighted by Gasteiger charge is 2.51. The molecule has 0 bridgehead atoms. The number of imide groups is 1. The summed E-state index contributed by atoms with van der Waals surface area (Å²) in [6.45, 7) is 5.43. The van der Waals surface area contributed by atoms with Crippen molar-refractivity contribution >= 4 is 21.8 Å². The number of hydrogen-bond acceptors (Lipinski definition) is 5. The Morgan fingerprint density at radius 2 is 1.86 bits per heavy atom. The van der Waals surface area contributed by atoms with E-state index < -0.39 is 21.0 Å². The first kappa shape index (κ1) is 21.1. The van der Waals surface area contributed by atoms with E-state index in [0.29, 0.717) is 31.8 Å². The molecule has 8 heteroatoms. The van der Waals surface area contributed by atoms with E-state index in [1.807, 2.05) is 6.92 Å². The van der Waals surface area contributed by atoms with E-state index in [0.717, 1.165) is 32.2 Å². The number of piperidine rings is 1. The molecule has 164 valence electrons. The van der Waals surface area contributed by atoms with Gasteiger partial charge >= 0.3 is 6.03 Å². The molecule has 0 aromatic carbocycles. The minimum atomic E-state index is -3.22. The van der Waals surface area contributed by atoms with Crippen molar-refractivity contribution in [3.63, 3.8) is 0 Å². The number of fused-ring (bicyclic) bond motifs is 1. The van der Waals surface area contributed by atoms with E-state index in [9.17, 15) is 18.0 Å². The van der Waals surface area contributed by atoms with E-state index in [1.165, 1.54) is 4.90 Å². The van der Waals surface area contributed by atoms with Crippen molar-refractivity contribution in [2.24, 2.45) is 17.3 Å². The van der Waals surface area contributed by atoms with Crippen molar-refractivity contribution in [3.8, 4) is 0 Å². The summed E-state index contributed by atoms with van der Waals surface area (Å²) in [4.78, 5) is 29.3. The van der Waals surface area contributed by atoms with Crippen LogP contribution in [0.5, 0.6) is 0 Å². The minimum absolute atomic E-state index is 0.0594. The zero-order valence-electron chi connectivity index (χ0n) is 17.9. The Morgan fingerprint density at radius 1 is 1.14 bits per heavy atom. The van der Waals surface area contributed by atoms with Gasteiger partial charge in [0, 0.05) is 25.7 Å². The molecule has 7 nitrogen and oxygen atoms in total. The van der Waals surface area contributed by atoms with Crippen LogP contribution in [0.25, 0.3) is 0 Å². The number of hydrogen-bond donors (Lipinski definition) is 1. The van der Waals surface area contributed by atoms with Crippen LogP contribution in [-0.2, 0) is 14.6 Å². The molecule has 3 amide bonds. The molecule has 4 rings (SSSR count). The average Bonchev–Trinajstić information content (AvgIpc) is 3.40. The summed E-state index contributed by atoms with van der Waals surface area (Å²) in [7, 11) is -1.45. The molecule has 5 unspecified atom stereocenters. The van der Waals surface area contributed by atoms with Crippen molar-refractivity contribution in [1.82, 2.24) is 15.1 Å². The number of carbonyl (C=O) groups excluding carboxylic acids is 2. The van der Waals surface area contributed by atoms with Crippen LogP contribution >= 0.6 is 0 Å². The summed E-state index contributed by atoms with van der Waals surface area (Å²) >= 11 is 0. The van der Waals surface area contributed by atoms with Crippen molar-refractivity contribution in [1.29, 1.82) is 0 Å². The smallest absolute Gasteiger partial charge is 0.324 e. The van der Waals surface area contributed by atoms with E-state index in [2.05, 4.69) is 12.2 Å². The number of sulfone groups is 1. The number of urea groups is 1. The molecule has 5 atom stereocenters. The van der Waals surface area contributed by atoms with Gasteiger partial charge in [0.15, 0.2) is 9.84 Å². The Labute approximate surface area is 174 Å². The van der Waals surface area contributed by atoms with Gasteiger partial charge in [0.1, 0.15) is 0 Å². The van der Waals surface area contributed by atoms with Gasteiger partial charge in [-0.15, -0.1) is 0 Å². The van der Waals surface area contributed by atoms with Crippen molar-refractivity contribution in [2.45, 2.75) is 76.1 Å². The molecule has 0 aromatic rings. The van der Waals surface area contributed by atoms with Gasteiger partial charge < -0.3 is 10.2 Å². The van der Waals surface area contributed by atoms with Crippen LogP contribution in [0, 0.1) is 17.3 Å². The lowest BCUT2D eigenvalue weighted by Gasteiger charge is -2.47. The molecular weight excluding hydrogens is 390 g/mol. The van der Waals surface area contributed by atoms with Gasteiger partial charge in [0.25, 0.3) is 0 Å². The zero-order valence-corrected chi connectivity index (χ0v) is 18.7. The highest BCUT2D eigenvalue weighted by molar-refractivity contribution is 7.92. The van der Waals surface area contributed by atoms with Crippen LogP contribution in [0.1, 0.15) is 58.8 Å². The second kappa shape index (κ2) is 7.52. The normalized spacial score (nSPS) is 37.4. The Balaban J connectivity index is 1.47. The fourth-order valence-electron chi connectivity index (χ4n) is 5.40. The molecule has 4 aliphatic rings. The Bertz CT molecular complexity index is 771. The van der Waals surface area contributed by atoms with E-state index in [-0.39, 0.29) is 35.1 Å². The number of nitrogens with one attached hydrogen (secondary N) is 1. The molecule has 2 aliphatic heterocycles. The van der Waals surface area contributed by atoms with E-state index in [4.69, 9.17) is 0 Å². The molecule has 0 aromatic heterocycles. The van der Waals surface area contributed by atoms with Crippen LogP contribution in [0.2, 0.25) is 0 Å². The average molecular weight is 426 g/mol. The summed E-state index contributed by atoms with van der Waals surface area (Å²) in [5, 5.41) is 2.98. The number of amides is 3.